The van der Waals surface area contributed by atoms with Crippen molar-refractivity contribution in [3.63, 3.8) is 0 Å². The average molecular weight is 342 g/mol. The van der Waals surface area contributed by atoms with E-state index in [-0.39, 0.29) is 18.2 Å². The molecule has 0 bridgehead atoms. The number of hydrogen-bond acceptors (Lipinski definition) is 5. The third kappa shape index (κ3) is 4.87. The van der Waals surface area contributed by atoms with E-state index in [1.165, 1.54) is 24.3 Å². The Morgan fingerprint density at radius 2 is 1.84 bits per heavy atom. The second-order valence-electron chi connectivity index (χ2n) is 5.43. The maximum Gasteiger partial charge on any atom is 0.338 e. The van der Waals surface area contributed by atoms with Crippen LogP contribution in [0.1, 0.15) is 34.8 Å². The van der Waals surface area contributed by atoms with Crippen LogP contribution >= 0.6 is 0 Å². The van der Waals surface area contributed by atoms with Crippen LogP contribution in [0.5, 0.6) is 0 Å². The van der Waals surface area contributed by atoms with E-state index in [4.69, 9.17) is 4.74 Å². The molecule has 0 saturated heterocycles. The molecule has 0 fully saturated rings. The van der Waals surface area contributed by atoms with Crippen molar-refractivity contribution < 1.29 is 19.2 Å². The van der Waals surface area contributed by atoms with Gasteiger partial charge in [0.25, 0.3) is 5.69 Å². The van der Waals surface area contributed by atoms with Gasteiger partial charge in [-0.15, -0.1) is 0 Å². The van der Waals surface area contributed by atoms with E-state index in [0.29, 0.717) is 23.2 Å². The number of amides is 1. The molecular formula is C18H18N2O5. The van der Waals surface area contributed by atoms with Crippen molar-refractivity contribution in [3.8, 4) is 0 Å². The van der Waals surface area contributed by atoms with Crippen LogP contribution in [-0.4, -0.2) is 16.8 Å². The second kappa shape index (κ2) is 8.05. The quantitative estimate of drug-likeness (QED) is 0.491. The Kier molecular flexibility index (Phi) is 5.84. The van der Waals surface area contributed by atoms with Crippen molar-refractivity contribution in [1.29, 1.82) is 0 Å². The highest BCUT2D eigenvalue weighted by Gasteiger charge is 2.12. The minimum Gasteiger partial charge on any atom is -0.457 e. The molecule has 0 spiro atoms. The van der Waals surface area contributed by atoms with Gasteiger partial charge in [0, 0.05) is 24.2 Å². The molecule has 0 heterocycles. The number of nitrogens with one attached hydrogen (secondary N) is 1. The molecule has 2 aromatic rings. The highest BCUT2D eigenvalue weighted by molar-refractivity contribution is 5.95. The van der Waals surface area contributed by atoms with Crippen LogP contribution in [0, 0.1) is 17.0 Å². The molecule has 25 heavy (non-hydrogen) atoms. The van der Waals surface area contributed by atoms with Gasteiger partial charge in [0.15, 0.2) is 0 Å². The average Bonchev–Trinajstić information content (AvgIpc) is 2.61. The summed E-state index contributed by atoms with van der Waals surface area (Å²) in [5, 5.41) is 13.3. The zero-order chi connectivity index (χ0) is 18.4. The largest absolute Gasteiger partial charge is 0.457 e. The van der Waals surface area contributed by atoms with Gasteiger partial charge in [-0.3, -0.25) is 14.9 Å². The van der Waals surface area contributed by atoms with Crippen molar-refractivity contribution in [2.24, 2.45) is 0 Å². The van der Waals surface area contributed by atoms with E-state index in [2.05, 4.69) is 5.32 Å². The van der Waals surface area contributed by atoms with E-state index in [1.807, 2.05) is 6.92 Å². The fourth-order valence-electron chi connectivity index (χ4n) is 2.07. The first kappa shape index (κ1) is 18.1. The van der Waals surface area contributed by atoms with Crippen LogP contribution in [0.4, 0.5) is 11.4 Å². The molecule has 2 aromatic carbocycles. The highest BCUT2D eigenvalue weighted by Crippen LogP contribution is 2.19. The summed E-state index contributed by atoms with van der Waals surface area (Å²) in [7, 11) is 0. The molecule has 1 N–H and O–H groups in total. The predicted molar refractivity (Wildman–Crippen MR) is 92.3 cm³/mol. The first-order valence-corrected chi connectivity index (χ1v) is 7.71. The molecule has 0 unspecified atom stereocenters. The summed E-state index contributed by atoms with van der Waals surface area (Å²) in [6.45, 7) is 3.57. The molecule has 7 nitrogen and oxygen atoms in total. The maximum absolute atomic E-state index is 12.2. The molecule has 2 rings (SSSR count). The number of carbonyl (C=O) groups is 2. The summed E-state index contributed by atoms with van der Waals surface area (Å²) < 4.78 is 5.22. The fraction of sp³-hybridized carbons (Fsp3) is 0.222. The Balaban J connectivity index is 2.04. The number of esters is 1. The Labute approximate surface area is 144 Å². The monoisotopic (exact) mass is 342 g/mol. The number of non-ortho nitro benzene ring substituents is 1. The van der Waals surface area contributed by atoms with Gasteiger partial charge in [0.1, 0.15) is 6.61 Å². The lowest BCUT2D eigenvalue weighted by molar-refractivity contribution is -0.384. The van der Waals surface area contributed by atoms with Crippen LogP contribution in [-0.2, 0) is 16.1 Å². The summed E-state index contributed by atoms with van der Waals surface area (Å²) in [6.07, 6.45) is 0.342. The van der Waals surface area contributed by atoms with Crippen LogP contribution in [0.25, 0.3) is 0 Å². The van der Waals surface area contributed by atoms with Gasteiger partial charge < -0.3 is 10.1 Å². The summed E-state index contributed by atoms with van der Waals surface area (Å²) in [5.41, 5.74) is 2.35. The number of ether oxygens (including phenoxy) is 1. The molecule has 1 amide bonds. The number of nitro benzene ring substituents is 1. The number of rotatable bonds is 6. The Morgan fingerprint density at radius 1 is 1.16 bits per heavy atom. The molecule has 0 aromatic heterocycles. The second-order valence-corrected chi connectivity index (χ2v) is 5.43. The van der Waals surface area contributed by atoms with Crippen molar-refractivity contribution in [2.45, 2.75) is 26.9 Å². The van der Waals surface area contributed by atoms with Crippen LogP contribution in [0.2, 0.25) is 0 Å². The minimum absolute atomic E-state index is 0.00135. The number of carbonyl (C=O) groups excluding carboxylic acids is 2. The summed E-state index contributed by atoms with van der Waals surface area (Å²) in [4.78, 5) is 33.8. The lowest BCUT2D eigenvalue weighted by Crippen LogP contribution is -2.12. The maximum atomic E-state index is 12.2. The van der Waals surface area contributed by atoms with E-state index < -0.39 is 10.9 Å². The van der Waals surface area contributed by atoms with Crippen LogP contribution in [0.15, 0.2) is 42.5 Å². The van der Waals surface area contributed by atoms with Crippen LogP contribution < -0.4 is 5.32 Å². The van der Waals surface area contributed by atoms with E-state index in [0.717, 1.165) is 5.56 Å². The van der Waals surface area contributed by atoms with Gasteiger partial charge in [-0.1, -0.05) is 13.0 Å². The Bertz CT molecular complexity index is 800. The van der Waals surface area contributed by atoms with E-state index in [1.54, 1.807) is 25.1 Å². The van der Waals surface area contributed by atoms with E-state index >= 15 is 0 Å². The van der Waals surface area contributed by atoms with E-state index in [9.17, 15) is 19.7 Å². The normalized spacial score (nSPS) is 10.2. The van der Waals surface area contributed by atoms with Crippen molar-refractivity contribution in [1.82, 2.24) is 0 Å². The van der Waals surface area contributed by atoms with Gasteiger partial charge in [0.05, 0.1) is 10.5 Å². The summed E-state index contributed by atoms with van der Waals surface area (Å²) in [6, 6.07) is 10.7. The molecule has 0 aliphatic carbocycles. The molecule has 130 valence electrons. The smallest absolute Gasteiger partial charge is 0.338 e. The zero-order valence-corrected chi connectivity index (χ0v) is 13.9. The predicted octanol–water partition coefficient (Wildman–Crippen LogP) is 3.61. The molecular weight excluding hydrogens is 324 g/mol. The zero-order valence-electron chi connectivity index (χ0n) is 13.9. The lowest BCUT2D eigenvalue weighted by Gasteiger charge is -2.10. The number of nitrogens with zero attached hydrogens (tertiary/aromatic N) is 1. The third-order valence-electron chi connectivity index (χ3n) is 3.59. The number of nitro groups is 1. The molecule has 0 atom stereocenters. The molecule has 0 saturated carbocycles. The molecule has 0 aliphatic heterocycles. The number of benzene rings is 2. The highest BCUT2D eigenvalue weighted by atomic mass is 16.6. The molecule has 0 radical (unpaired) electrons. The van der Waals surface area contributed by atoms with Gasteiger partial charge in [0.2, 0.25) is 5.91 Å². The fourth-order valence-corrected chi connectivity index (χ4v) is 2.07. The first-order valence-electron chi connectivity index (χ1n) is 7.71. The summed E-state index contributed by atoms with van der Waals surface area (Å²) >= 11 is 0. The SMILES string of the molecule is CCC(=O)Nc1cc(C(=O)OCc2ccc([N+](=O)[O-])cc2)ccc1C. The summed E-state index contributed by atoms with van der Waals surface area (Å²) in [5.74, 6) is -0.676. The lowest BCUT2D eigenvalue weighted by atomic mass is 10.1. The van der Waals surface area contributed by atoms with Crippen molar-refractivity contribution >= 4 is 23.3 Å². The van der Waals surface area contributed by atoms with Crippen LogP contribution in [0.3, 0.4) is 0 Å². The first-order chi connectivity index (χ1) is 11.9. The van der Waals surface area contributed by atoms with Gasteiger partial charge in [-0.25, -0.2) is 4.79 Å². The number of aryl methyl sites for hydroxylation is 1. The minimum atomic E-state index is -0.537. The van der Waals surface area contributed by atoms with Gasteiger partial charge >= 0.3 is 5.97 Å². The van der Waals surface area contributed by atoms with Gasteiger partial charge in [-0.2, -0.15) is 0 Å². The topological polar surface area (TPSA) is 98.5 Å². The Morgan fingerprint density at radius 3 is 2.44 bits per heavy atom. The van der Waals surface area contributed by atoms with Crippen molar-refractivity contribution in [3.05, 3.63) is 69.3 Å². The van der Waals surface area contributed by atoms with Crippen molar-refractivity contribution in [2.75, 3.05) is 5.32 Å². The Hall–Kier alpha value is -3.22. The third-order valence-corrected chi connectivity index (χ3v) is 3.59. The molecule has 0 aliphatic rings. The number of anilines is 1. The number of hydrogen-bond donors (Lipinski definition) is 1. The standard InChI is InChI=1S/C18H18N2O5/c1-3-17(21)19-16-10-14(7-4-12(16)2)18(22)25-11-13-5-8-15(9-6-13)20(23)24/h4-10H,3,11H2,1-2H3,(H,19,21). The molecule has 7 heteroatoms. The van der Waals surface area contributed by atoms with Gasteiger partial charge in [-0.05, 0) is 42.3 Å².